The Kier molecular flexibility index (Phi) is 4.84. The molecule has 2 rings (SSSR count). The number of ether oxygens (including phenoxy) is 1. The number of amides is 1. The number of hydrogen-bond donors (Lipinski definition) is 3. The van der Waals surface area contributed by atoms with E-state index in [0.717, 1.165) is 12.2 Å². The van der Waals surface area contributed by atoms with Crippen LogP contribution in [0, 0.1) is 0 Å². The molecular weight excluding hydrogens is 274 g/mol. The van der Waals surface area contributed by atoms with Gasteiger partial charge in [-0.1, -0.05) is 0 Å². The molecule has 0 aliphatic heterocycles. The zero-order valence-corrected chi connectivity index (χ0v) is 12.0. The first kappa shape index (κ1) is 14.2. The summed E-state index contributed by atoms with van der Waals surface area (Å²) in [6.45, 7) is 2.82. The summed E-state index contributed by atoms with van der Waals surface area (Å²) in [4.78, 5) is 11.3. The van der Waals surface area contributed by atoms with Crippen LogP contribution in [0.3, 0.4) is 0 Å². The lowest BCUT2D eigenvalue weighted by atomic mass is 10.2. The first-order valence-electron chi connectivity index (χ1n) is 6.27. The van der Waals surface area contributed by atoms with Gasteiger partial charge in [-0.2, -0.15) is 11.3 Å². The lowest BCUT2D eigenvalue weighted by molar-refractivity contribution is 0.168. The van der Waals surface area contributed by atoms with Crippen molar-refractivity contribution in [2.75, 3.05) is 23.0 Å². The normalized spacial score (nSPS) is 10.1. The summed E-state index contributed by atoms with van der Waals surface area (Å²) in [5.41, 5.74) is 9.08. The van der Waals surface area contributed by atoms with Crippen molar-refractivity contribution >= 4 is 34.5 Å². The number of thiophene rings is 1. The maximum Gasteiger partial charge on any atom is 0.411 e. The van der Waals surface area contributed by atoms with Crippen LogP contribution in [0.5, 0.6) is 0 Å². The first-order valence-corrected chi connectivity index (χ1v) is 7.21. The molecule has 1 aromatic carbocycles. The van der Waals surface area contributed by atoms with E-state index in [1.54, 1.807) is 30.4 Å². The number of benzene rings is 1. The number of rotatable bonds is 5. The Bertz CT molecular complexity index is 570. The minimum atomic E-state index is -0.502. The number of anilines is 3. The topological polar surface area (TPSA) is 76.4 Å². The van der Waals surface area contributed by atoms with E-state index >= 15 is 0 Å². The summed E-state index contributed by atoms with van der Waals surface area (Å²) < 4.78 is 4.81. The van der Waals surface area contributed by atoms with Crippen LogP contribution in [0.15, 0.2) is 35.0 Å². The number of nitrogens with two attached hydrogens (primary N) is 1. The van der Waals surface area contributed by atoms with E-state index < -0.39 is 6.09 Å². The molecule has 4 N–H and O–H groups in total. The second-order valence-corrected chi connectivity index (χ2v) is 4.91. The van der Waals surface area contributed by atoms with Crippen molar-refractivity contribution in [1.29, 1.82) is 0 Å². The van der Waals surface area contributed by atoms with Crippen LogP contribution in [0.25, 0.3) is 0 Å². The van der Waals surface area contributed by atoms with Gasteiger partial charge in [0.25, 0.3) is 0 Å². The molecule has 0 aliphatic carbocycles. The third kappa shape index (κ3) is 3.89. The minimum Gasteiger partial charge on any atom is -0.450 e. The number of carbonyl (C=O) groups excluding carboxylic acids is 1. The molecule has 0 atom stereocenters. The molecule has 0 saturated carbocycles. The molecule has 20 heavy (non-hydrogen) atoms. The largest absolute Gasteiger partial charge is 0.450 e. The highest BCUT2D eigenvalue weighted by Crippen LogP contribution is 2.23. The highest BCUT2D eigenvalue weighted by molar-refractivity contribution is 7.07. The smallest absolute Gasteiger partial charge is 0.411 e. The van der Waals surface area contributed by atoms with Crippen LogP contribution in [-0.4, -0.2) is 12.7 Å². The summed E-state index contributed by atoms with van der Waals surface area (Å²) >= 11 is 1.67. The Labute approximate surface area is 121 Å². The van der Waals surface area contributed by atoms with Crippen LogP contribution in [0.4, 0.5) is 21.9 Å². The van der Waals surface area contributed by atoms with E-state index in [2.05, 4.69) is 22.1 Å². The lowest BCUT2D eigenvalue weighted by Crippen LogP contribution is -2.14. The van der Waals surface area contributed by atoms with E-state index in [4.69, 9.17) is 10.5 Å². The Morgan fingerprint density at radius 3 is 2.90 bits per heavy atom. The number of hydrogen-bond acceptors (Lipinski definition) is 5. The third-order valence-electron chi connectivity index (χ3n) is 2.64. The van der Waals surface area contributed by atoms with Gasteiger partial charge in [-0.05, 0) is 47.5 Å². The van der Waals surface area contributed by atoms with Crippen LogP contribution in [0.2, 0.25) is 0 Å². The zero-order valence-electron chi connectivity index (χ0n) is 11.2. The summed E-state index contributed by atoms with van der Waals surface area (Å²) in [7, 11) is 0. The quantitative estimate of drug-likeness (QED) is 0.737. The van der Waals surface area contributed by atoms with Gasteiger partial charge in [0.1, 0.15) is 0 Å². The zero-order chi connectivity index (χ0) is 14.4. The second-order valence-electron chi connectivity index (χ2n) is 4.13. The van der Waals surface area contributed by atoms with E-state index in [9.17, 15) is 4.79 Å². The van der Waals surface area contributed by atoms with E-state index in [0.29, 0.717) is 18.0 Å². The van der Waals surface area contributed by atoms with Crippen LogP contribution < -0.4 is 16.4 Å². The fraction of sp³-hybridized carbons (Fsp3) is 0.214. The number of nitrogens with one attached hydrogen (secondary N) is 2. The second kappa shape index (κ2) is 6.81. The average molecular weight is 291 g/mol. The number of nitrogen functional groups attached to an aromatic ring is 1. The van der Waals surface area contributed by atoms with Gasteiger partial charge in [-0.3, -0.25) is 5.32 Å². The third-order valence-corrected chi connectivity index (χ3v) is 3.37. The average Bonchev–Trinajstić information content (AvgIpc) is 2.93. The maximum absolute atomic E-state index is 11.3. The molecule has 106 valence electrons. The van der Waals surface area contributed by atoms with Crippen molar-refractivity contribution in [2.24, 2.45) is 0 Å². The minimum absolute atomic E-state index is 0.325. The van der Waals surface area contributed by atoms with Gasteiger partial charge in [0.2, 0.25) is 0 Å². The predicted octanol–water partition coefficient (Wildman–Crippen LogP) is 3.51. The molecule has 0 radical (unpaired) electrons. The van der Waals surface area contributed by atoms with Crippen LogP contribution in [0.1, 0.15) is 12.5 Å². The van der Waals surface area contributed by atoms with Gasteiger partial charge >= 0.3 is 6.09 Å². The van der Waals surface area contributed by atoms with E-state index in [1.165, 1.54) is 5.56 Å². The van der Waals surface area contributed by atoms with Crippen molar-refractivity contribution in [3.8, 4) is 0 Å². The van der Waals surface area contributed by atoms with Crippen molar-refractivity contribution in [3.63, 3.8) is 0 Å². The molecule has 0 bridgehead atoms. The summed E-state index contributed by atoms with van der Waals surface area (Å²) in [5, 5.41) is 10.0. The molecule has 6 heteroatoms. The SMILES string of the molecule is CCOC(=O)Nc1ccc(NCc2ccsc2)cc1N. The van der Waals surface area contributed by atoms with Gasteiger partial charge < -0.3 is 15.8 Å². The molecule has 1 aromatic heterocycles. The van der Waals surface area contributed by atoms with E-state index in [-0.39, 0.29) is 0 Å². The Balaban J connectivity index is 1.96. The maximum atomic E-state index is 11.3. The molecule has 0 saturated heterocycles. The van der Waals surface area contributed by atoms with Crippen LogP contribution in [-0.2, 0) is 11.3 Å². The Morgan fingerprint density at radius 2 is 2.25 bits per heavy atom. The fourth-order valence-corrected chi connectivity index (χ4v) is 2.33. The predicted molar refractivity (Wildman–Crippen MR) is 83.1 cm³/mol. The molecule has 5 nitrogen and oxygen atoms in total. The molecule has 0 fully saturated rings. The number of carbonyl (C=O) groups is 1. The van der Waals surface area contributed by atoms with Crippen molar-refractivity contribution in [2.45, 2.75) is 13.5 Å². The van der Waals surface area contributed by atoms with Gasteiger partial charge in [0.15, 0.2) is 0 Å². The highest BCUT2D eigenvalue weighted by atomic mass is 32.1. The van der Waals surface area contributed by atoms with Crippen molar-refractivity contribution in [1.82, 2.24) is 0 Å². The summed E-state index contributed by atoms with van der Waals surface area (Å²) in [5.74, 6) is 0. The van der Waals surface area contributed by atoms with E-state index in [1.807, 2.05) is 11.4 Å². The molecule has 1 amide bonds. The molecule has 0 unspecified atom stereocenters. The molecule has 2 aromatic rings. The van der Waals surface area contributed by atoms with Gasteiger partial charge in [-0.25, -0.2) is 4.79 Å². The van der Waals surface area contributed by atoms with Crippen molar-refractivity contribution in [3.05, 3.63) is 40.6 Å². The molecule has 1 heterocycles. The monoisotopic (exact) mass is 291 g/mol. The van der Waals surface area contributed by atoms with Gasteiger partial charge in [0, 0.05) is 12.2 Å². The van der Waals surface area contributed by atoms with Crippen molar-refractivity contribution < 1.29 is 9.53 Å². The van der Waals surface area contributed by atoms with Gasteiger partial charge in [0.05, 0.1) is 18.0 Å². The molecular formula is C14H17N3O2S. The first-order chi connectivity index (χ1) is 9.69. The highest BCUT2D eigenvalue weighted by Gasteiger charge is 2.06. The van der Waals surface area contributed by atoms with Gasteiger partial charge in [-0.15, -0.1) is 0 Å². The fourth-order valence-electron chi connectivity index (χ4n) is 1.66. The van der Waals surface area contributed by atoms with Crippen LogP contribution >= 0.6 is 11.3 Å². The standard InChI is InChI=1S/C14H17N3O2S/c1-2-19-14(18)17-13-4-3-11(7-12(13)15)16-8-10-5-6-20-9-10/h3-7,9,16H,2,8,15H2,1H3,(H,17,18). The lowest BCUT2D eigenvalue weighted by Gasteiger charge is -2.11. The Hall–Kier alpha value is -2.21. The molecule has 0 spiro atoms. The summed E-state index contributed by atoms with van der Waals surface area (Å²) in [6.07, 6.45) is -0.502. The summed E-state index contributed by atoms with van der Waals surface area (Å²) in [6, 6.07) is 7.47. The Morgan fingerprint density at radius 1 is 1.40 bits per heavy atom. The molecule has 0 aliphatic rings.